The molecule has 19 heavy (non-hydrogen) atoms. The van der Waals surface area contributed by atoms with Crippen LogP contribution in [0.5, 0.6) is 5.75 Å². The molecule has 0 saturated heterocycles. The first-order valence-corrected chi connectivity index (χ1v) is 6.92. The van der Waals surface area contributed by atoms with Crippen molar-refractivity contribution in [2.45, 2.75) is 39.0 Å². The molecule has 0 spiro atoms. The topological polar surface area (TPSA) is 46.5 Å². The third-order valence-electron chi connectivity index (χ3n) is 4.39. The molecule has 1 aliphatic rings. The van der Waals surface area contributed by atoms with E-state index in [1.807, 2.05) is 24.3 Å². The Hall–Kier alpha value is -1.51. The van der Waals surface area contributed by atoms with Crippen LogP contribution in [0.1, 0.15) is 38.2 Å². The Labute approximate surface area is 114 Å². The Morgan fingerprint density at radius 1 is 1.32 bits per heavy atom. The summed E-state index contributed by atoms with van der Waals surface area (Å²) < 4.78 is 5.13. The molecule has 0 atom stereocenters. The van der Waals surface area contributed by atoms with Gasteiger partial charge in [0.1, 0.15) is 5.75 Å². The molecule has 104 valence electrons. The fourth-order valence-corrected chi connectivity index (χ4v) is 2.92. The van der Waals surface area contributed by atoms with E-state index in [4.69, 9.17) is 4.74 Å². The van der Waals surface area contributed by atoms with Crippen LogP contribution in [0.15, 0.2) is 24.3 Å². The van der Waals surface area contributed by atoms with Crippen LogP contribution in [-0.4, -0.2) is 18.2 Å². The molecule has 0 radical (unpaired) electrons. The molecule has 1 aromatic rings. The molecular weight excluding hydrogens is 240 g/mol. The van der Waals surface area contributed by atoms with E-state index in [1.165, 1.54) is 0 Å². The number of ether oxygens (including phenoxy) is 1. The van der Waals surface area contributed by atoms with Crippen molar-refractivity contribution < 1.29 is 14.6 Å². The van der Waals surface area contributed by atoms with Crippen molar-refractivity contribution in [1.82, 2.24) is 0 Å². The van der Waals surface area contributed by atoms with Crippen molar-refractivity contribution >= 4 is 5.97 Å². The highest BCUT2D eigenvalue weighted by Crippen LogP contribution is 2.41. The van der Waals surface area contributed by atoms with Crippen LogP contribution in [0.4, 0.5) is 0 Å². The minimum Gasteiger partial charge on any atom is -0.497 e. The molecule has 1 saturated carbocycles. The lowest BCUT2D eigenvalue weighted by Gasteiger charge is -2.36. The van der Waals surface area contributed by atoms with Gasteiger partial charge in [0, 0.05) is 0 Å². The first-order chi connectivity index (χ1) is 9.05. The van der Waals surface area contributed by atoms with Gasteiger partial charge >= 0.3 is 5.97 Å². The summed E-state index contributed by atoms with van der Waals surface area (Å²) in [6.45, 7) is 2.21. The third-order valence-corrected chi connectivity index (χ3v) is 4.39. The maximum atomic E-state index is 11.7. The first kappa shape index (κ1) is 13.9. The zero-order chi connectivity index (χ0) is 13.9. The second kappa shape index (κ2) is 5.64. The minimum atomic E-state index is -0.643. The normalized spacial score (nSPS) is 26.9. The predicted octanol–water partition coefficient (Wildman–Crippen LogP) is 3.52. The van der Waals surface area contributed by atoms with Crippen LogP contribution in [0, 0.1) is 11.3 Å². The van der Waals surface area contributed by atoms with E-state index in [9.17, 15) is 9.90 Å². The molecule has 1 fully saturated rings. The summed E-state index contributed by atoms with van der Waals surface area (Å²) in [5.41, 5.74) is 0.513. The highest BCUT2D eigenvalue weighted by atomic mass is 16.5. The van der Waals surface area contributed by atoms with Crippen molar-refractivity contribution in [3.8, 4) is 5.75 Å². The van der Waals surface area contributed by atoms with E-state index >= 15 is 0 Å². The fourth-order valence-electron chi connectivity index (χ4n) is 2.92. The van der Waals surface area contributed by atoms with Gasteiger partial charge in [-0.05, 0) is 55.7 Å². The number of methoxy groups -OCH3 is 1. The molecule has 0 bridgehead atoms. The van der Waals surface area contributed by atoms with E-state index < -0.39 is 11.4 Å². The van der Waals surface area contributed by atoms with Gasteiger partial charge in [-0.25, -0.2) is 0 Å². The van der Waals surface area contributed by atoms with E-state index in [0.717, 1.165) is 37.0 Å². The highest BCUT2D eigenvalue weighted by molar-refractivity contribution is 5.75. The number of rotatable bonds is 4. The van der Waals surface area contributed by atoms with Gasteiger partial charge in [-0.1, -0.05) is 19.1 Å². The van der Waals surface area contributed by atoms with Crippen LogP contribution in [0.2, 0.25) is 0 Å². The van der Waals surface area contributed by atoms with Crippen LogP contribution in [0.3, 0.4) is 0 Å². The summed E-state index contributed by atoms with van der Waals surface area (Å²) in [5.74, 6) is 0.823. The fraction of sp³-hybridized carbons (Fsp3) is 0.562. The summed E-state index contributed by atoms with van der Waals surface area (Å²) in [4.78, 5) is 11.7. The van der Waals surface area contributed by atoms with E-state index in [0.29, 0.717) is 12.3 Å². The maximum absolute atomic E-state index is 11.7. The maximum Gasteiger partial charge on any atom is 0.309 e. The van der Waals surface area contributed by atoms with Crippen LogP contribution in [-0.2, 0) is 11.2 Å². The van der Waals surface area contributed by atoms with Gasteiger partial charge < -0.3 is 9.84 Å². The van der Waals surface area contributed by atoms with Crippen molar-refractivity contribution in [2.75, 3.05) is 7.11 Å². The number of carboxylic acid groups (broad SMARTS) is 1. The van der Waals surface area contributed by atoms with E-state index in [1.54, 1.807) is 7.11 Å². The Balaban J connectivity index is 2.14. The number of aliphatic carboxylic acids is 1. The number of carbonyl (C=O) groups is 1. The Morgan fingerprint density at radius 3 is 2.37 bits per heavy atom. The molecule has 3 heteroatoms. The lowest BCUT2D eigenvalue weighted by Crippen LogP contribution is -2.37. The Bertz CT molecular complexity index is 428. The van der Waals surface area contributed by atoms with Gasteiger partial charge in [-0.3, -0.25) is 4.79 Å². The molecule has 1 aromatic carbocycles. The Kier molecular flexibility index (Phi) is 4.13. The lowest BCUT2D eigenvalue weighted by molar-refractivity contribution is -0.151. The largest absolute Gasteiger partial charge is 0.497 e. The number of hydrogen-bond donors (Lipinski definition) is 1. The summed E-state index contributed by atoms with van der Waals surface area (Å²) in [6.07, 6.45) is 4.23. The molecule has 0 heterocycles. The zero-order valence-electron chi connectivity index (χ0n) is 11.7. The van der Waals surface area contributed by atoms with Crippen molar-refractivity contribution in [3.63, 3.8) is 0 Å². The summed E-state index contributed by atoms with van der Waals surface area (Å²) >= 11 is 0. The number of carboxylic acids is 1. The van der Waals surface area contributed by atoms with Crippen molar-refractivity contribution in [2.24, 2.45) is 11.3 Å². The molecule has 0 amide bonds. The smallest absolute Gasteiger partial charge is 0.309 e. The van der Waals surface area contributed by atoms with Crippen molar-refractivity contribution in [1.29, 1.82) is 0 Å². The van der Waals surface area contributed by atoms with Crippen molar-refractivity contribution in [3.05, 3.63) is 29.8 Å². The van der Waals surface area contributed by atoms with Crippen LogP contribution >= 0.6 is 0 Å². The van der Waals surface area contributed by atoms with E-state index in [2.05, 4.69) is 6.92 Å². The molecular formula is C16H22O3. The van der Waals surface area contributed by atoms with Gasteiger partial charge in [-0.15, -0.1) is 0 Å². The third kappa shape index (κ3) is 3.09. The van der Waals surface area contributed by atoms with Gasteiger partial charge in [0.05, 0.1) is 12.5 Å². The second-order valence-electron chi connectivity index (χ2n) is 5.79. The summed E-state index contributed by atoms with van der Waals surface area (Å²) in [5, 5.41) is 9.61. The van der Waals surface area contributed by atoms with Gasteiger partial charge in [0.2, 0.25) is 0 Å². The van der Waals surface area contributed by atoms with Gasteiger partial charge in [-0.2, -0.15) is 0 Å². The average molecular weight is 262 g/mol. The molecule has 1 N–H and O–H groups in total. The molecule has 1 aliphatic carbocycles. The molecule has 3 nitrogen and oxygen atoms in total. The van der Waals surface area contributed by atoms with Crippen LogP contribution < -0.4 is 4.74 Å². The highest BCUT2D eigenvalue weighted by Gasteiger charge is 2.41. The van der Waals surface area contributed by atoms with Crippen LogP contribution in [0.25, 0.3) is 0 Å². The summed E-state index contributed by atoms with van der Waals surface area (Å²) in [7, 11) is 1.64. The zero-order valence-corrected chi connectivity index (χ0v) is 11.7. The number of hydrogen-bond acceptors (Lipinski definition) is 2. The minimum absolute atomic E-state index is 0.568. The number of benzene rings is 1. The standard InChI is InChI=1S/C16H22O3/c1-12-7-9-16(10-8-12,15(17)18)11-13-3-5-14(19-2)6-4-13/h3-6,12H,7-11H2,1-2H3,(H,17,18). The quantitative estimate of drug-likeness (QED) is 0.903. The monoisotopic (exact) mass is 262 g/mol. The molecule has 0 unspecified atom stereocenters. The molecule has 2 rings (SSSR count). The van der Waals surface area contributed by atoms with Gasteiger partial charge in [0.25, 0.3) is 0 Å². The molecule has 0 aliphatic heterocycles. The molecule has 0 aromatic heterocycles. The second-order valence-corrected chi connectivity index (χ2v) is 5.79. The first-order valence-electron chi connectivity index (χ1n) is 6.92. The predicted molar refractivity (Wildman–Crippen MR) is 74.4 cm³/mol. The Morgan fingerprint density at radius 2 is 1.89 bits per heavy atom. The lowest BCUT2D eigenvalue weighted by atomic mass is 9.68. The summed E-state index contributed by atoms with van der Waals surface area (Å²) in [6, 6.07) is 7.75. The van der Waals surface area contributed by atoms with Gasteiger partial charge in [0.15, 0.2) is 0 Å². The SMILES string of the molecule is COc1ccc(CC2(C(=O)O)CCC(C)CC2)cc1. The average Bonchev–Trinajstić information content (AvgIpc) is 2.42. The van der Waals surface area contributed by atoms with E-state index in [-0.39, 0.29) is 0 Å².